The topological polar surface area (TPSA) is 85.6 Å². The number of carbonyl (C=O) groups excluding carboxylic acids is 2. The Kier molecular flexibility index (Phi) is 5.10. The lowest BCUT2D eigenvalue weighted by Gasteiger charge is -2.05. The molecule has 0 fully saturated rings. The predicted molar refractivity (Wildman–Crippen MR) is 103 cm³/mol. The Balaban J connectivity index is 1.94. The minimum atomic E-state index is -0.437. The Bertz CT molecular complexity index is 1020. The van der Waals surface area contributed by atoms with Crippen molar-refractivity contribution >= 4 is 49.9 Å². The van der Waals surface area contributed by atoms with Gasteiger partial charge >= 0.3 is 5.97 Å². The number of hydrogen-bond acceptors (Lipinski definition) is 6. The van der Waals surface area contributed by atoms with E-state index in [1.165, 1.54) is 0 Å². The molecule has 0 spiro atoms. The second kappa shape index (κ2) is 7.16. The van der Waals surface area contributed by atoms with Crippen molar-refractivity contribution in [3.05, 3.63) is 44.3 Å². The number of halogens is 1. The van der Waals surface area contributed by atoms with Gasteiger partial charge in [0.25, 0.3) is 5.91 Å². The molecule has 0 saturated heterocycles. The number of imidazole rings is 1. The van der Waals surface area contributed by atoms with Gasteiger partial charge < -0.3 is 4.74 Å². The third kappa shape index (κ3) is 3.36. The maximum atomic E-state index is 12.8. The smallest absolute Gasteiger partial charge is 0.350 e. The zero-order valence-corrected chi connectivity index (χ0v) is 17.1. The first-order valence-corrected chi connectivity index (χ1v) is 9.53. The van der Waals surface area contributed by atoms with Crippen LogP contribution >= 0.6 is 27.3 Å². The second-order valence-corrected chi connectivity index (χ2v) is 7.57. The van der Waals surface area contributed by atoms with Crippen LogP contribution in [-0.4, -0.2) is 32.9 Å². The molecule has 3 heterocycles. The highest BCUT2D eigenvalue weighted by atomic mass is 79.9. The highest BCUT2D eigenvalue weighted by Crippen LogP contribution is 2.26. The van der Waals surface area contributed by atoms with E-state index in [-0.39, 0.29) is 12.5 Å². The van der Waals surface area contributed by atoms with Crippen LogP contribution < -0.4 is 5.32 Å². The van der Waals surface area contributed by atoms with Gasteiger partial charge in [-0.25, -0.2) is 14.8 Å². The predicted octanol–water partition coefficient (Wildman–Crippen LogP) is 3.91. The van der Waals surface area contributed by atoms with Crippen LogP contribution in [0.3, 0.4) is 0 Å². The molecule has 3 rings (SSSR count). The quantitative estimate of drug-likeness (QED) is 0.626. The number of nitrogens with one attached hydrogen (secondary N) is 1. The van der Waals surface area contributed by atoms with E-state index in [1.54, 1.807) is 25.2 Å². The molecular formula is C17H17BrN4O3S. The van der Waals surface area contributed by atoms with Crippen molar-refractivity contribution in [3.63, 3.8) is 0 Å². The van der Waals surface area contributed by atoms with E-state index in [9.17, 15) is 9.59 Å². The third-order valence-corrected chi connectivity index (χ3v) is 5.32. The molecule has 0 bridgehead atoms. The van der Waals surface area contributed by atoms with Gasteiger partial charge in [0.2, 0.25) is 0 Å². The molecule has 136 valence electrons. The Morgan fingerprint density at radius 2 is 2.00 bits per heavy atom. The minimum Gasteiger partial charge on any atom is -0.462 e. The van der Waals surface area contributed by atoms with Crippen molar-refractivity contribution in [2.75, 3.05) is 11.9 Å². The molecule has 3 aromatic heterocycles. The van der Waals surface area contributed by atoms with Crippen LogP contribution in [0.1, 0.15) is 44.0 Å². The minimum absolute atomic E-state index is 0.285. The number of rotatable bonds is 4. The van der Waals surface area contributed by atoms with E-state index in [0.29, 0.717) is 32.7 Å². The van der Waals surface area contributed by atoms with Crippen molar-refractivity contribution in [1.29, 1.82) is 0 Å². The molecular weight excluding hydrogens is 420 g/mol. The van der Waals surface area contributed by atoms with Gasteiger partial charge in [-0.05, 0) is 55.3 Å². The number of esters is 1. The number of pyridine rings is 1. The number of thiazole rings is 1. The van der Waals surface area contributed by atoms with Gasteiger partial charge in [-0.3, -0.25) is 14.5 Å². The summed E-state index contributed by atoms with van der Waals surface area (Å²) >= 11 is 4.57. The molecule has 0 saturated carbocycles. The zero-order chi connectivity index (χ0) is 19.0. The lowest BCUT2D eigenvalue weighted by molar-refractivity contribution is 0.0531. The molecule has 26 heavy (non-hydrogen) atoms. The summed E-state index contributed by atoms with van der Waals surface area (Å²) in [6.07, 6.45) is 1.85. The normalized spacial score (nSPS) is 11.0. The second-order valence-electron chi connectivity index (χ2n) is 5.71. The fourth-order valence-corrected chi connectivity index (χ4v) is 4.11. The number of aromatic nitrogens is 3. The zero-order valence-electron chi connectivity index (χ0n) is 14.7. The Hall–Kier alpha value is -2.26. The summed E-state index contributed by atoms with van der Waals surface area (Å²) < 4.78 is 7.56. The highest BCUT2D eigenvalue weighted by Gasteiger charge is 2.22. The molecule has 0 aliphatic carbocycles. The molecule has 1 N–H and O–H groups in total. The number of aryl methyl sites for hydroxylation is 3. The number of anilines is 1. The molecule has 3 aromatic rings. The van der Waals surface area contributed by atoms with E-state index in [1.807, 2.05) is 19.2 Å². The Morgan fingerprint density at radius 3 is 2.69 bits per heavy atom. The summed E-state index contributed by atoms with van der Waals surface area (Å²) in [5.74, 6) is -0.773. The van der Waals surface area contributed by atoms with Crippen molar-refractivity contribution in [2.24, 2.45) is 0 Å². The maximum absolute atomic E-state index is 12.8. The first-order chi connectivity index (χ1) is 12.3. The summed E-state index contributed by atoms with van der Waals surface area (Å²) in [7, 11) is 0. The van der Waals surface area contributed by atoms with Crippen LogP contribution in [0.4, 0.5) is 5.13 Å². The van der Waals surface area contributed by atoms with Crippen LogP contribution in [-0.2, 0) is 4.74 Å². The van der Waals surface area contributed by atoms with Gasteiger partial charge in [0.05, 0.1) is 22.5 Å². The lowest BCUT2D eigenvalue weighted by atomic mass is 10.3. The van der Waals surface area contributed by atoms with Crippen molar-refractivity contribution < 1.29 is 14.3 Å². The van der Waals surface area contributed by atoms with Crippen molar-refractivity contribution in [1.82, 2.24) is 14.4 Å². The molecule has 0 atom stereocenters. The van der Waals surface area contributed by atoms with E-state index >= 15 is 0 Å². The van der Waals surface area contributed by atoms with Gasteiger partial charge in [-0.1, -0.05) is 11.3 Å². The molecule has 0 aliphatic heterocycles. The van der Waals surface area contributed by atoms with Crippen molar-refractivity contribution in [3.8, 4) is 0 Å². The van der Waals surface area contributed by atoms with Gasteiger partial charge in [-0.15, -0.1) is 0 Å². The first-order valence-electron chi connectivity index (χ1n) is 7.92. The molecule has 1 amide bonds. The van der Waals surface area contributed by atoms with E-state index < -0.39 is 5.97 Å². The first kappa shape index (κ1) is 18.5. The summed E-state index contributed by atoms with van der Waals surface area (Å²) in [6, 6.07) is 1.94. The monoisotopic (exact) mass is 436 g/mol. The van der Waals surface area contributed by atoms with Crippen LogP contribution in [0, 0.1) is 20.8 Å². The molecule has 0 unspecified atom stereocenters. The summed E-state index contributed by atoms with van der Waals surface area (Å²) in [6.45, 7) is 7.45. The summed E-state index contributed by atoms with van der Waals surface area (Å²) in [5, 5.41) is 3.10. The van der Waals surface area contributed by atoms with Crippen molar-refractivity contribution in [2.45, 2.75) is 27.7 Å². The van der Waals surface area contributed by atoms with Gasteiger partial charge in [-0.2, -0.15) is 0 Å². The van der Waals surface area contributed by atoms with Gasteiger partial charge in [0.15, 0.2) is 10.8 Å². The number of hydrogen-bond donors (Lipinski definition) is 1. The van der Waals surface area contributed by atoms with Gasteiger partial charge in [0.1, 0.15) is 10.6 Å². The van der Waals surface area contributed by atoms with E-state index in [2.05, 4.69) is 31.2 Å². The molecule has 0 aliphatic rings. The van der Waals surface area contributed by atoms with Crippen LogP contribution in [0.15, 0.2) is 16.7 Å². The summed E-state index contributed by atoms with van der Waals surface area (Å²) in [4.78, 5) is 33.8. The van der Waals surface area contributed by atoms with E-state index in [4.69, 9.17) is 4.74 Å². The SMILES string of the molecule is CCOC(=O)c1sc(NC(=O)c2c(C)nc3c(Br)cc(C)cn23)nc1C. The number of nitrogens with zero attached hydrogens (tertiary/aromatic N) is 3. The third-order valence-electron chi connectivity index (χ3n) is 3.68. The van der Waals surface area contributed by atoms with E-state index in [0.717, 1.165) is 21.4 Å². The van der Waals surface area contributed by atoms with Crippen LogP contribution in [0.5, 0.6) is 0 Å². The highest BCUT2D eigenvalue weighted by molar-refractivity contribution is 9.10. The van der Waals surface area contributed by atoms with Gasteiger partial charge in [0, 0.05) is 6.20 Å². The molecule has 9 heteroatoms. The average Bonchev–Trinajstić information content (AvgIpc) is 3.07. The number of ether oxygens (including phenoxy) is 1. The van der Waals surface area contributed by atoms with Crippen LogP contribution in [0.2, 0.25) is 0 Å². The largest absolute Gasteiger partial charge is 0.462 e. The Morgan fingerprint density at radius 1 is 1.27 bits per heavy atom. The fraction of sp³-hybridized carbons (Fsp3) is 0.294. The number of carbonyl (C=O) groups is 2. The maximum Gasteiger partial charge on any atom is 0.350 e. The number of fused-ring (bicyclic) bond motifs is 1. The fourth-order valence-electron chi connectivity index (χ4n) is 2.61. The standard InChI is InChI=1S/C17H17BrN4O3S/c1-5-25-16(24)13-10(4)20-17(26-13)21-15(23)12-9(3)19-14-11(18)6-8(2)7-22(12)14/h6-7H,5H2,1-4H3,(H,20,21,23). The molecule has 7 nitrogen and oxygen atoms in total. The lowest BCUT2D eigenvalue weighted by Crippen LogP contribution is -2.15. The van der Waals surface area contributed by atoms with Crippen LogP contribution in [0.25, 0.3) is 5.65 Å². The molecule has 0 radical (unpaired) electrons. The average molecular weight is 437 g/mol. The summed E-state index contributed by atoms with van der Waals surface area (Å²) in [5.41, 5.74) is 3.21. The number of amides is 1. The molecule has 0 aromatic carbocycles. The Labute approximate surface area is 162 Å².